The summed E-state index contributed by atoms with van der Waals surface area (Å²) in [7, 11) is 0. The molecule has 0 spiro atoms. The van der Waals surface area contributed by atoms with Gasteiger partial charge in [-0.25, -0.2) is 0 Å². The first-order chi connectivity index (χ1) is 6.29. The molecule has 4 heteroatoms. The lowest BCUT2D eigenvalue weighted by Crippen LogP contribution is -2.24. The Balaban J connectivity index is 2.01. The maximum absolute atomic E-state index is 5.62. The molecule has 1 aliphatic rings. The van der Waals surface area contributed by atoms with E-state index in [2.05, 4.69) is 4.99 Å². The smallest absolute Gasteiger partial charge is 0.185 e. The van der Waals surface area contributed by atoms with Gasteiger partial charge in [0.2, 0.25) is 0 Å². The van der Waals surface area contributed by atoms with E-state index in [1.807, 2.05) is 0 Å². The van der Waals surface area contributed by atoms with E-state index in [1.165, 1.54) is 32.1 Å². The number of rotatable bonds is 4. The van der Waals surface area contributed by atoms with Crippen LogP contribution in [-0.2, 0) is 4.74 Å². The van der Waals surface area contributed by atoms with Crippen molar-refractivity contribution >= 4 is 5.96 Å². The highest BCUT2D eigenvalue weighted by molar-refractivity contribution is 5.75. The van der Waals surface area contributed by atoms with E-state index in [1.54, 1.807) is 0 Å². The molecule has 13 heavy (non-hydrogen) atoms. The maximum atomic E-state index is 5.62. The van der Waals surface area contributed by atoms with Gasteiger partial charge in [-0.05, 0) is 12.8 Å². The zero-order chi connectivity index (χ0) is 9.52. The second kappa shape index (κ2) is 5.80. The van der Waals surface area contributed by atoms with Crippen LogP contribution in [0.1, 0.15) is 32.1 Å². The van der Waals surface area contributed by atoms with Crippen LogP contribution in [0.2, 0.25) is 0 Å². The molecular formula is C9H19N3O. The molecule has 4 nitrogen and oxygen atoms in total. The number of hydrogen-bond acceptors (Lipinski definition) is 2. The van der Waals surface area contributed by atoms with Gasteiger partial charge in [0, 0.05) is 0 Å². The number of guanidine groups is 1. The standard InChI is InChI=1S/C9H19N3O/c10-9(11)12-6-7-13-8-4-2-1-3-5-8/h8H,1-7H2,(H4,10,11,12). The van der Waals surface area contributed by atoms with E-state index in [0.29, 0.717) is 19.3 Å². The summed E-state index contributed by atoms with van der Waals surface area (Å²) in [6, 6.07) is 0. The summed E-state index contributed by atoms with van der Waals surface area (Å²) in [4.78, 5) is 3.86. The molecule has 0 aromatic heterocycles. The van der Waals surface area contributed by atoms with Crippen LogP contribution in [0.15, 0.2) is 4.99 Å². The lowest BCUT2D eigenvalue weighted by atomic mass is 9.98. The minimum Gasteiger partial charge on any atom is -0.376 e. The Morgan fingerprint density at radius 2 is 1.92 bits per heavy atom. The predicted molar refractivity (Wildman–Crippen MR) is 53.5 cm³/mol. The molecule has 1 saturated carbocycles. The van der Waals surface area contributed by atoms with Gasteiger partial charge in [-0.15, -0.1) is 0 Å². The van der Waals surface area contributed by atoms with Crippen molar-refractivity contribution in [1.29, 1.82) is 0 Å². The lowest BCUT2D eigenvalue weighted by Gasteiger charge is -2.21. The van der Waals surface area contributed by atoms with Crippen LogP contribution in [0, 0.1) is 0 Å². The Kier molecular flexibility index (Phi) is 4.60. The molecule has 1 rings (SSSR count). The fourth-order valence-corrected chi connectivity index (χ4v) is 1.63. The highest BCUT2D eigenvalue weighted by Gasteiger charge is 2.12. The van der Waals surface area contributed by atoms with Crippen molar-refractivity contribution in [3.63, 3.8) is 0 Å². The Labute approximate surface area is 79.3 Å². The molecule has 0 atom stereocenters. The Morgan fingerprint density at radius 3 is 2.54 bits per heavy atom. The molecule has 0 amide bonds. The molecule has 0 aromatic carbocycles. The average molecular weight is 185 g/mol. The van der Waals surface area contributed by atoms with Crippen molar-refractivity contribution in [1.82, 2.24) is 0 Å². The molecule has 0 aliphatic heterocycles. The van der Waals surface area contributed by atoms with Crippen molar-refractivity contribution < 1.29 is 4.74 Å². The first-order valence-electron chi connectivity index (χ1n) is 4.96. The molecular weight excluding hydrogens is 166 g/mol. The summed E-state index contributed by atoms with van der Waals surface area (Å²) in [6.07, 6.45) is 6.79. The fourth-order valence-electron chi connectivity index (χ4n) is 1.63. The quantitative estimate of drug-likeness (QED) is 0.383. The molecule has 1 aliphatic carbocycles. The van der Waals surface area contributed by atoms with Gasteiger partial charge in [-0.1, -0.05) is 19.3 Å². The van der Waals surface area contributed by atoms with Gasteiger partial charge in [-0.2, -0.15) is 0 Å². The van der Waals surface area contributed by atoms with Gasteiger partial charge < -0.3 is 16.2 Å². The van der Waals surface area contributed by atoms with Gasteiger partial charge in [0.25, 0.3) is 0 Å². The Morgan fingerprint density at radius 1 is 1.23 bits per heavy atom. The molecule has 0 aromatic rings. The number of ether oxygens (including phenoxy) is 1. The van der Waals surface area contributed by atoms with Crippen LogP contribution in [-0.4, -0.2) is 25.2 Å². The summed E-state index contributed by atoms with van der Waals surface area (Å²) >= 11 is 0. The number of aliphatic imine (C=N–C) groups is 1. The third-order valence-electron chi connectivity index (χ3n) is 2.29. The molecule has 1 fully saturated rings. The highest BCUT2D eigenvalue weighted by atomic mass is 16.5. The van der Waals surface area contributed by atoms with Gasteiger partial charge in [0.1, 0.15) is 0 Å². The minimum atomic E-state index is 0.146. The largest absolute Gasteiger partial charge is 0.376 e. The number of nitrogens with two attached hydrogens (primary N) is 2. The summed E-state index contributed by atoms with van der Waals surface area (Å²) < 4.78 is 5.62. The van der Waals surface area contributed by atoms with Crippen LogP contribution < -0.4 is 11.5 Å². The van der Waals surface area contributed by atoms with E-state index < -0.39 is 0 Å². The summed E-state index contributed by atoms with van der Waals surface area (Å²) in [5.41, 5.74) is 10.4. The highest BCUT2D eigenvalue weighted by Crippen LogP contribution is 2.19. The minimum absolute atomic E-state index is 0.146. The van der Waals surface area contributed by atoms with E-state index in [-0.39, 0.29) is 5.96 Å². The van der Waals surface area contributed by atoms with Crippen molar-refractivity contribution in [3.8, 4) is 0 Å². The summed E-state index contributed by atoms with van der Waals surface area (Å²) in [5, 5.41) is 0. The third kappa shape index (κ3) is 4.72. The summed E-state index contributed by atoms with van der Waals surface area (Å²) in [6.45, 7) is 1.22. The van der Waals surface area contributed by atoms with Crippen molar-refractivity contribution in [2.45, 2.75) is 38.2 Å². The van der Waals surface area contributed by atoms with E-state index in [4.69, 9.17) is 16.2 Å². The van der Waals surface area contributed by atoms with Gasteiger partial charge in [0.05, 0.1) is 19.3 Å². The van der Waals surface area contributed by atoms with E-state index >= 15 is 0 Å². The monoisotopic (exact) mass is 185 g/mol. The fraction of sp³-hybridized carbons (Fsp3) is 0.889. The van der Waals surface area contributed by atoms with Gasteiger partial charge in [0.15, 0.2) is 5.96 Å². The Bertz CT molecular complexity index is 160. The molecule has 0 unspecified atom stereocenters. The topological polar surface area (TPSA) is 73.6 Å². The van der Waals surface area contributed by atoms with Crippen LogP contribution in [0.4, 0.5) is 0 Å². The molecule has 0 heterocycles. The van der Waals surface area contributed by atoms with E-state index in [9.17, 15) is 0 Å². The SMILES string of the molecule is NC(N)=NCCOC1CCCCC1. The molecule has 4 N–H and O–H groups in total. The van der Waals surface area contributed by atoms with Crippen LogP contribution in [0.5, 0.6) is 0 Å². The van der Waals surface area contributed by atoms with Crippen molar-refractivity contribution in [2.75, 3.05) is 13.2 Å². The van der Waals surface area contributed by atoms with Crippen molar-refractivity contribution in [3.05, 3.63) is 0 Å². The second-order valence-corrected chi connectivity index (χ2v) is 3.44. The number of nitrogens with zero attached hydrogens (tertiary/aromatic N) is 1. The molecule has 76 valence electrons. The normalized spacial score (nSPS) is 18.5. The first-order valence-corrected chi connectivity index (χ1v) is 4.96. The van der Waals surface area contributed by atoms with Crippen molar-refractivity contribution in [2.24, 2.45) is 16.5 Å². The van der Waals surface area contributed by atoms with Crippen LogP contribution in [0.25, 0.3) is 0 Å². The zero-order valence-electron chi connectivity index (χ0n) is 8.04. The molecule has 0 saturated heterocycles. The number of hydrogen-bond donors (Lipinski definition) is 2. The maximum Gasteiger partial charge on any atom is 0.185 e. The van der Waals surface area contributed by atoms with Crippen LogP contribution in [0.3, 0.4) is 0 Å². The third-order valence-corrected chi connectivity index (χ3v) is 2.29. The van der Waals surface area contributed by atoms with Crippen LogP contribution >= 0.6 is 0 Å². The van der Waals surface area contributed by atoms with E-state index in [0.717, 1.165) is 0 Å². The second-order valence-electron chi connectivity index (χ2n) is 3.44. The zero-order valence-corrected chi connectivity index (χ0v) is 8.04. The lowest BCUT2D eigenvalue weighted by molar-refractivity contribution is 0.0335. The molecule has 0 bridgehead atoms. The Hall–Kier alpha value is -0.770. The molecule has 0 radical (unpaired) electrons. The van der Waals surface area contributed by atoms with Gasteiger partial charge >= 0.3 is 0 Å². The predicted octanol–water partition coefficient (Wildman–Crippen LogP) is 0.609. The first kappa shape index (κ1) is 10.3. The average Bonchev–Trinajstić information content (AvgIpc) is 2.14. The summed E-state index contributed by atoms with van der Waals surface area (Å²) in [5.74, 6) is 0.146. The van der Waals surface area contributed by atoms with Gasteiger partial charge in [-0.3, -0.25) is 4.99 Å².